The Balaban J connectivity index is 3.59. The van der Waals surface area contributed by atoms with Crippen LogP contribution in [0.15, 0.2) is 24.3 Å². The minimum atomic E-state index is -0.634. The van der Waals surface area contributed by atoms with E-state index in [9.17, 15) is 15.0 Å². The maximum Gasteiger partial charge on any atom is 0.132 e. The van der Waals surface area contributed by atoms with Crippen LogP contribution in [0.5, 0.6) is 0 Å². The Morgan fingerprint density at radius 2 is 1.08 bits per heavy atom. The van der Waals surface area contributed by atoms with E-state index in [0.717, 1.165) is 51.5 Å². The summed E-state index contributed by atoms with van der Waals surface area (Å²) in [6.45, 7) is 5.23. The van der Waals surface area contributed by atoms with Crippen LogP contribution in [0.3, 0.4) is 0 Å². The van der Waals surface area contributed by atoms with E-state index in [0.29, 0.717) is 5.78 Å². The highest BCUT2D eigenvalue weighted by Gasteiger charge is 2.14. The molecule has 0 spiro atoms. The van der Waals surface area contributed by atoms with Gasteiger partial charge in [0.25, 0.3) is 0 Å². The predicted octanol–water partition coefficient (Wildman–Crippen LogP) is 8.99. The van der Waals surface area contributed by atoms with Crippen molar-refractivity contribution in [1.82, 2.24) is 5.32 Å². The van der Waals surface area contributed by atoms with E-state index < -0.39 is 6.10 Å². The molecular weight excluding hydrogens is 470 g/mol. The molecule has 0 heterocycles. The van der Waals surface area contributed by atoms with E-state index >= 15 is 0 Å². The summed E-state index contributed by atoms with van der Waals surface area (Å²) >= 11 is 0. The summed E-state index contributed by atoms with van der Waals surface area (Å²) in [5, 5.41) is 23.3. The molecule has 0 radical (unpaired) electrons. The number of allylic oxidation sites excluding steroid dienone is 3. The number of hydrogen-bond donors (Lipinski definition) is 3. The molecule has 38 heavy (non-hydrogen) atoms. The van der Waals surface area contributed by atoms with Gasteiger partial charge in [0.05, 0.1) is 18.8 Å². The topological polar surface area (TPSA) is 69.6 Å². The molecule has 4 nitrogen and oxygen atoms in total. The third-order valence-corrected chi connectivity index (χ3v) is 7.42. The van der Waals surface area contributed by atoms with Crippen molar-refractivity contribution in [2.45, 2.75) is 174 Å². The highest BCUT2D eigenvalue weighted by Crippen LogP contribution is 2.12. The van der Waals surface area contributed by atoms with Gasteiger partial charge in [0, 0.05) is 12.8 Å². The molecule has 2 atom stereocenters. The first-order chi connectivity index (χ1) is 18.7. The summed E-state index contributed by atoms with van der Waals surface area (Å²) in [5.74, 6) is 0.453. The molecule has 0 aliphatic rings. The minimum absolute atomic E-state index is 0.0480. The van der Waals surface area contributed by atoms with Crippen molar-refractivity contribution in [3.05, 3.63) is 24.3 Å². The fourth-order valence-corrected chi connectivity index (χ4v) is 4.78. The van der Waals surface area contributed by atoms with Crippen LogP contribution in [0.1, 0.15) is 162 Å². The van der Waals surface area contributed by atoms with Crippen molar-refractivity contribution < 1.29 is 15.0 Å². The molecule has 0 bridgehead atoms. The van der Waals surface area contributed by atoms with Crippen LogP contribution in [0.2, 0.25) is 0 Å². The maximum atomic E-state index is 11.9. The third kappa shape index (κ3) is 26.6. The molecule has 224 valence electrons. The van der Waals surface area contributed by atoms with Gasteiger partial charge in [0.1, 0.15) is 5.78 Å². The van der Waals surface area contributed by atoms with E-state index in [4.69, 9.17) is 0 Å². The first kappa shape index (κ1) is 37.0. The Hall–Kier alpha value is -0.970. The Bertz CT molecular complexity index is 546. The fourth-order valence-electron chi connectivity index (χ4n) is 4.78. The zero-order chi connectivity index (χ0) is 27.9. The van der Waals surface area contributed by atoms with Crippen LogP contribution in [0.25, 0.3) is 0 Å². The van der Waals surface area contributed by atoms with E-state index in [1.165, 1.54) is 103 Å². The Morgan fingerprint density at radius 1 is 0.632 bits per heavy atom. The van der Waals surface area contributed by atoms with Crippen molar-refractivity contribution in [3.63, 3.8) is 0 Å². The highest BCUT2D eigenvalue weighted by molar-refractivity contribution is 5.78. The first-order valence-corrected chi connectivity index (χ1v) is 16.5. The van der Waals surface area contributed by atoms with Crippen molar-refractivity contribution in [1.29, 1.82) is 0 Å². The number of rotatable bonds is 30. The molecule has 0 saturated heterocycles. The molecule has 0 aliphatic heterocycles. The van der Waals surface area contributed by atoms with E-state index in [1.54, 1.807) is 0 Å². The molecule has 0 rings (SSSR count). The number of nitrogens with one attached hydrogen (secondary N) is 1. The van der Waals surface area contributed by atoms with Crippen LogP contribution in [-0.2, 0) is 4.79 Å². The van der Waals surface area contributed by atoms with Crippen molar-refractivity contribution in [3.8, 4) is 0 Å². The smallest absolute Gasteiger partial charge is 0.132 e. The highest BCUT2D eigenvalue weighted by atomic mass is 16.3. The number of ketones is 1. The zero-order valence-electron chi connectivity index (χ0n) is 25.4. The second-order valence-electron chi connectivity index (χ2n) is 11.2. The third-order valence-electron chi connectivity index (χ3n) is 7.42. The number of aliphatic hydroxyl groups excluding tert-OH is 2. The van der Waals surface area contributed by atoms with Crippen LogP contribution >= 0.6 is 0 Å². The van der Waals surface area contributed by atoms with Gasteiger partial charge in [-0.15, -0.1) is 0 Å². The second kappa shape index (κ2) is 30.6. The van der Waals surface area contributed by atoms with Gasteiger partial charge in [0.2, 0.25) is 0 Å². The van der Waals surface area contributed by atoms with Crippen LogP contribution < -0.4 is 5.32 Å². The summed E-state index contributed by atoms with van der Waals surface area (Å²) in [7, 11) is 0. The van der Waals surface area contributed by atoms with Gasteiger partial charge in [-0.25, -0.2) is 0 Å². The number of carbonyl (C=O) groups is 1. The quantitative estimate of drug-likeness (QED) is 0.0634. The predicted molar refractivity (Wildman–Crippen MR) is 166 cm³/mol. The maximum absolute atomic E-state index is 11.9. The van der Waals surface area contributed by atoms with Gasteiger partial charge in [-0.3, -0.25) is 4.79 Å². The number of carbonyl (C=O) groups excluding carboxylic acids is 1. The zero-order valence-corrected chi connectivity index (χ0v) is 25.4. The minimum Gasteiger partial charge on any atom is -0.395 e. The first-order valence-electron chi connectivity index (χ1n) is 16.5. The number of unbranched alkanes of at least 4 members (excludes halogenated alkanes) is 17. The van der Waals surface area contributed by atoms with Crippen molar-refractivity contribution in [2.24, 2.45) is 0 Å². The molecule has 0 amide bonds. The number of aliphatic hydroxyl groups is 2. The standard InChI is InChI=1S/C34H65NO3/c1-3-5-7-9-10-11-12-13-14-15-18-21-25-29-34(38)33(31-36)35-30-26-22-19-16-17-20-24-28-32(37)27-23-8-6-4-2/h11-12,25,29,33-36,38H,3-10,13-24,26-28,30-31H2,1-2H3. The van der Waals surface area contributed by atoms with Crippen LogP contribution in [-0.4, -0.2) is 41.3 Å². The largest absolute Gasteiger partial charge is 0.395 e. The number of hydrogen-bond acceptors (Lipinski definition) is 4. The molecule has 0 fully saturated rings. The summed E-state index contributed by atoms with van der Waals surface area (Å²) in [4.78, 5) is 11.9. The SMILES string of the molecule is CCCCCCC=CCCCCCC=CC(O)C(CO)NCCCCCCCCCC(=O)CCCCCC. The normalized spacial score (nSPS) is 13.6. The van der Waals surface area contributed by atoms with Crippen molar-refractivity contribution >= 4 is 5.78 Å². The van der Waals surface area contributed by atoms with Gasteiger partial charge in [-0.2, -0.15) is 0 Å². The summed E-state index contributed by atoms with van der Waals surface area (Å²) in [5.41, 5.74) is 0. The van der Waals surface area contributed by atoms with Gasteiger partial charge < -0.3 is 15.5 Å². The van der Waals surface area contributed by atoms with Crippen LogP contribution in [0, 0.1) is 0 Å². The molecule has 0 aromatic carbocycles. The lowest BCUT2D eigenvalue weighted by molar-refractivity contribution is -0.119. The molecule has 3 N–H and O–H groups in total. The lowest BCUT2D eigenvalue weighted by atomic mass is 10.0. The summed E-state index contributed by atoms with van der Waals surface area (Å²) < 4.78 is 0. The molecule has 4 heteroatoms. The van der Waals surface area contributed by atoms with Gasteiger partial charge in [0.15, 0.2) is 0 Å². The summed E-state index contributed by atoms with van der Waals surface area (Å²) in [6.07, 6.45) is 34.7. The molecule has 0 aromatic heterocycles. The Kier molecular flexibility index (Phi) is 29.8. The average Bonchev–Trinajstić information content (AvgIpc) is 2.92. The molecule has 0 saturated carbocycles. The molecule has 0 aromatic rings. The van der Waals surface area contributed by atoms with Gasteiger partial charge >= 0.3 is 0 Å². The average molecular weight is 536 g/mol. The fraction of sp³-hybridized carbons (Fsp3) is 0.853. The van der Waals surface area contributed by atoms with Gasteiger partial charge in [-0.05, 0) is 64.3 Å². The van der Waals surface area contributed by atoms with E-state index in [1.807, 2.05) is 6.08 Å². The van der Waals surface area contributed by atoms with E-state index in [2.05, 4.69) is 37.4 Å². The van der Waals surface area contributed by atoms with E-state index in [-0.39, 0.29) is 12.6 Å². The lowest BCUT2D eigenvalue weighted by Crippen LogP contribution is -2.42. The Labute approximate surface area is 237 Å². The molecular formula is C34H65NO3. The second-order valence-corrected chi connectivity index (χ2v) is 11.2. The summed E-state index contributed by atoms with van der Waals surface area (Å²) in [6, 6.07) is -0.284. The van der Waals surface area contributed by atoms with Crippen LogP contribution in [0.4, 0.5) is 0 Å². The molecule has 0 aliphatic carbocycles. The number of Topliss-reactive ketones (excluding diaryl/α,β-unsaturated/α-hetero) is 1. The monoisotopic (exact) mass is 535 g/mol. The molecule has 2 unspecified atom stereocenters. The lowest BCUT2D eigenvalue weighted by Gasteiger charge is -2.19. The van der Waals surface area contributed by atoms with Crippen molar-refractivity contribution in [2.75, 3.05) is 13.2 Å². The Morgan fingerprint density at radius 3 is 1.63 bits per heavy atom. The van der Waals surface area contributed by atoms with Gasteiger partial charge in [-0.1, -0.05) is 115 Å².